The van der Waals surface area contributed by atoms with Crippen molar-refractivity contribution in [1.29, 1.82) is 0 Å². The molecule has 0 nitrogen and oxygen atoms in total. The molecule has 0 atom stereocenters. The van der Waals surface area contributed by atoms with Crippen molar-refractivity contribution in [3.63, 3.8) is 0 Å². The molecule has 0 aromatic carbocycles. The van der Waals surface area contributed by atoms with E-state index in [2.05, 4.69) is 39.3 Å². The van der Waals surface area contributed by atoms with Crippen LogP contribution in [0, 0.1) is 0 Å². The van der Waals surface area contributed by atoms with Crippen LogP contribution >= 0.6 is 0 Å². The topological polar surface area (TPSA) is 0 Å². The Morgan fingerprint density at radius 2 is 0.722 bits per heavy atom. The molecule has 2 aliphatic heterocycles. The molecule has 0 saturated carbocycles. The van der Waals surface area contributed by atoms with Crippen molar-refractivity contribution in [3.8, 4) is 0 Å². The van der Waals surface area contributed by atoms with Gasteiger partial charge in [-0.1, -0.05) is 89.1 Å². The molecule has 2 heterocycles. The molecule has 106 valence electrons. The highest BCUT2D eigenvalue weighted by molar-refractivity contribution is 7.84. The van der Waals surface area contributed by atoms with E-state index in [0.29, 0.717) is 0 Å². The average Bonchev–Trinajstić information content (AvgIpc) is 2.26. The van der Waals surface area contributed by atoms with Crippen LogP contribution in [-0.4, -0.2) is 29.4 Å². The van der Waals surface area contributed by atoms with Crippen LogP contribution in [0.1, 0.15) is 25.7 Å². The van der Waals surface area contributed by atoms with E-state index in [1.807, 2.05) is 0 Å². The van der Waals surface area contributed by atoms with Gasteiger partial charge in [0.15, 0.2) is 0 Å². The van der Waals surface area contributed by atoms with Crippen LogP contribution in [0.2, 0.25) is 63.5 Å². The normalized spacial score (nSPS) is 38.3. The first-order valence-corrected chi connectivity index (χ1v) is 23.0. The fourth-order valence-corrected chi connectivity index (χ4v) is 95.7. The zero-order chi connectivity index (χ0) is 13.7. The number of hydrogen-bond acceptors (Lipinski definition) is 0. The zero-order valence-corrected chi connectivity index (χ0v) is 17.7. The third kappa shape index (κ3) is 2.02. The van der Waals surface area contributed by atoms with Crippen molar-refractivity contribution >= 4 is 29.4 Å². The van der Waals surface area contributed by atoms with E-state index >= 15 is 0 Å². The zero-order valence-electron chi connectivity index (χ0n) is 13.7. The fraction of sp³-hybridized carbons (Fsp3) is 1.00. The minimum Gasteiger partial charge on any atom is -0.0717 e. The van der Waals surface area contributed by atoms with E-state index in [0.717, 1.165) is 0 Å². The lowest BCUT2D eigenvalue weighted by Gasteiger charge is -2.64. The van der Waals surface area contributed by atoms with E-state index in [-0.39, 0.29) is 0 Å². The van der Waals surface area contributed by atoms with Gasteiger partial charge in [0.25, 0.3) is 0 Å². The van der Waals surface area contributed by atoms with Crippen molar-refractivity contribution in [1.82, 2.24) is 0 Å². The van der Waals surface area contributed by atoms with Crippen LogP contribution in [0.25, 0.3) is 0 Å². The van der Waals surface area contributed by atoms with Gasteiger partial charge in [0.1, 0.15) is 0 Å². The summed E-state index contributed by atoms with van der Waals surface area (Å²) in [5.41, 5.74) is 0. The van der Waals surface area contributed by atoms with E-state index in [4.69, 9.17) is 0 Å². The van der Waals surface area contributed by atoms with Gasteiger partial charge in [-0.2, -0.15) is 0 Å². The molecule has 0 aromatic rings. The lowest BCUT2D eigenvalue weighted by molar-refractivity contribution is 0.777. The third-order valence-electron chi connectivity index (χ3n) is 6.70. The number of fused-ring (bicyclic) bond motifs is 1. The van der Waals surface area contributed by atoms with Gasteiger partial charge in [-0.3, -0.25) is 0 Å². The van der Waals surface area contributed by atoms with Crippen molar-refractivity contribution < 1.29 is 0 Å². The Hall–Kier alpha value is 0.868. The summed E-state index contributed by atoms with van der Waals surface area (Å²) in [7, 11) is -3.47. The maximum Gasteiger partial charge on any atom is 0.0400 e. The molecule has 4 heteroatoms. The average molecular weight is 315 g/mol. The molecular weight excluding hydrogens is 280 g/mol. The summed E-state index contributed by atoms with van der Waals surface area (Å²) in [5.74, 6) is 0. The lowest BCUT2D eigenvalue weighted by atomic mass is 10.4. The second-order valence-corrected chi connectivity index (χ2v) is 47.9. The van der Waals surface area contributed by atoms with Crippen molar-refractivity contribution in [2.75, 3.05) is 0 Å². The van der Waals surface area contributed by atoms with E-state index in [9.17, 15) is 0 Å². The van der Waals surface area contributed by atoms with Gasteiger partial charge >= 0.3 is 0 Å². The van der Waals surface area contributed by atoms with Crippen LogP contribution in [0.5, 0.6) is 0 Å². The van der Waals surface area contributed by atoms with Crippen LogP contribution in [0.15, 0.2) is 0 Å². The molecule has 0 bridgehead atoms. The van der Waals surface area contributed by atoms with Crippen molar-refractivity contribution in [3.05, 3.63) is 0 Å². The van der Waals surface area contributed by atoms with Crippen LogP contribution in [0.4, 0.5) is 0 Å². The summed E-state index contributed by atoms with van der Waals surface area (Å²) < 4.78 is 0. The molecule has 2 fully saturated rings. The SMILES string of the molecule is C[Si](C)(C)[Si]12CCCC[Si]1([Si](C)(C)C)CCCC2. The highest BCUT2D eigenvalue weighted by Gasteiger charge is 2.66. The lowest BCUT2D eigenvalue weighted by Crippen LogP contribution is -2.84. The molecule has 0 spiro atoms. The molecule has 2 aliphatic rings. The van der Waals surface area contributed by atoms with Gasteiger partial charge in [-0.15, -0.1) is 0 Å². The highest BCUT2D eigenvalue weighted by Crippen LogP contribution is 2.53. The summed E-state index contributed by atoms with van der Waals surface area (Å²) in [6.45, 7) is 16.7. The second-order valence-electron chi connectivity index (χ2n) is 9.08. The van der Waals surface area contributed by atoms with Gasteiger partial charge in [0.05, 0.1) is 0 Å². The maximum atomic E-state index is 2.78. The number of rotatable bonds is 2. The Labute approximate surface area is 118 Å². The van der Waals surface area contributed by atoms with Gasteiger partial charge in [-0.25, -0.2) is 0 Å². The van der Waals surface area contributed by atoms with Crippen LogP contribution in [-0.2, 0) is 0 Å². The minimum atomic E-state index is -0.886. The maximum absolute atomic E-state index is 2.78. The Bertz CT molecular complexity index is 267. The first-order chi connectivity index (χ1) is 8.16. The smallest absolute Gasteiger partial charge is 0.0400 e. The van der Waals surface area contributed by atoms with Crippen LogP contribution < -0.4 is 0 Å². The van der Waals surface area contributed by atoms with Crippen LogP contribution in [0.3, 0.4) is 0 Å². The molecule has 0 radical (unpaired) electrons. The molecule has 0 aliphatic carbocycles. The predicted molar refractivity (Wildman–Crippen MR) is 95.9 cm³/mol. The van der Waals surface area contributed by atoms with Gasteiger partial charge in [0.2, 0.25) is 0 Å². The van der Waals surface area contributed by atoms with Gasteiger partial charge < -0.3 is 0 Å². The van der Waals surface area contributed by atoms with Crippen molar-refractivity contribution in [2.45, 2.75) is 89.1 Å². The molecule has 0 aromatic heterocycles. The third-order valence-corrected chi connectivity index (χ3v) is 72.2. The predicted octanol–water partition coefficient (Wildman–Crippen LogP) is 5.38. The molecule has 18 heavy (non-hydrogen) atoms. The number of hydrogen-bond donors (Lipinski definition) is 0. The monoisotopic (exact) mass is 314 g/mol. The largest absolute Gasteiger partial charge is 0.0717 e. The summed E-state index contributed by atoms with van der Waals surface area (Å²) in [6, 6.07) is 7.11. The summed E-state index contributed by atoms with van der Waals surface area (Å²) in [6.07, 6.45) is 6.48. The molecule has 0 unspecified atom stereocenters. The van der Waals surface area contributed by atoms with E-state index < -0.39 is 29.4 Å². The Balaban J connectivity index is 2.55. The summed E-state index contributed by atoms with van der Waals surface area (Å²) in [4.78, 5) is 0. The first kappa shape index (κ1) is 15.3. The molecule has 2 rings (SSSR count). The molecule has 0 N–H and O–H groups in total. The second kappa shape index (κ2) is 4.71. The Morgan fingerprint density at radius 3 is 0.889 bits per heavy atom. The molecular formula is C14H34Si4. The Kier molecular flexibility index (Phi) is 3.99. The highest BCUT2D eigenvalue weighted by atomic mass is 29.8. The standard InChI is InChI=1S/C14H34Si4/c1-15(2,3)17-11-7-9-13-18(17,16(4,5)6)14-10-8-12-17/h7-14H2,1-6H3. The van der Waals surface area contributed by atoms with Gasteiger partial charge in [-0.05, 0) is 0 Å². The Morgan fingerprint density at radius 1 is 0.500 bits per heavy atom. The summed E-state index contributed by atoms with van der Waals surface area (Å²) >= 11 is 0. The fourth-order valence-electron chi connectivity index (χ4n) is 5.85. The van der Waals surface area contributed by atoms with E-state index in [1.165, 1.54) is 0 Å². The van der Waals surface area contributed by atoms with Gasteiger partial charge in [0, 0.05) is 29.4 Å². The quantitative estimate of drug-likeness (QED) is 0.600. The first-order valence-electron chi connectivity index (χ1n) is 8.16. The molecule has 0 amide bonds. The van der Waals surface area contributed by atoms with Crippen molar-refractivity contribution in [2.24, 2.45) is 0 Å². The summed E-state index contributed by atoms with van der Waals surface area (Å²) in [5, 5.41) is 0. The minimum absolute atomic E-state index is 0.847. The van der Waals surface area contributed by atoms with E-state index in [1.54, 1.807) is 49.9 Å². The molecule has 2 saturated heterocycles.